The smallest absolute Gasteiger partial charge is 0.870 e. The fourth-order valence-electron chi connectivity index (χ4n) is 0. The summed E-state index contributed by atoms with van der Waals surface area (Å²) in [6, 6.07) is 0. The Kier molecular flexibility index (Phi) is 369. The predicted octanol–water partition coefficient (Wildman–Crippen LogP) is -1.40. The number of hydrogen-bond donors (Lipinski definition) is 3. The van der Waals surface area contributed by atoms with Crippen LogP contribution >= 0.6 is 15.9 Å². The molecule has 0 saturated carbocycles. The summed E-state index contributed by atoms with van der Waals surface area (Å²) in [5.74, 6) is 4.65. The van der Waals surface area contributed by atoms with Gasteiger partial charge in [0.15, 0.2) is 0 Å². The molecule has 0 aromatic carbocycles. The summed E-state index contributed by atoms with van der Waals surface area (Å²) >= 11 is 2.94. The summed E-state index contributed by atoms with van der Waals surface area (Å²) in [6.45, 7) is 16.5. The van der Waals surface area contributed by atoms with Crippen LogP contribution in [-0.2, 0) is 0 Å². The Morgan fingerprint density at radius 2 is 0.643 bits per heavy atom. The summed E-state index contributed by atoms with van der Waals surface area (Å²) in [5.41, 5.74) is 4.50. The van der Waals surface area contributed by atoms with Crippen molar-refractivity contribution in [2.45, 2.75) is 55.4 Å². The Hall–Kier alpha value is 2.24. The Morgan fingerprint density at radius 3 is 0.643 bits per heavy atom. The van der Waals surface area contributed by atoms with E-state index in [-0.39, 0.29) is 71.5 Å². The van der Waals surface area contributed by atoms with Gasteiger partial charge in [-0.2, -0.15) is 41.5 Å². The van der Waals surface area contributed by atoms with Gasteiger partial charge < -0.3 is 44.1 Å². The Balaban J connectivity index is -0.00000000909. The van der Waals surface area contributed by atoms with E-state index in [1.54, 1.807) is 0 Å². The van der Waals surface area contributed by atoms with Crippen molar-refractivity contribution in [1.82, 2.24) is 15.5 Å². The second-order valence-electron chi connectivity index (χ2n) is 5.34. The maximum atomic E-state index is 4.50. The van der Waals surface area contributed by atoms with Crippen molar-refractivity contribution >= 4 is 15.9 Å². The number of hydrogen-bond acceptors (Lipinski definition) is 6. The summed E-state index contributed by atoms with van der Waals surface area (Å²) < 4.78 is 0. The van der Waals surface area contributed by atoms with E-state index >= 15 is 0 Å². The average Bonchev–Trinajstić information content (AvgIpc) is 2.44. The third-order valence-electron chi connectivity index (χ3n) is 0. The van der Waals surface area contributed by atoms with Crippen LogP contribution in [0.3, 0.4) is 0 Å². The SMILES string of the molecule is CBr.CC.CN.CN(C)C.CNC.CNC.C[C-](C)C.C[C-](C)C.[2HH].[Na+].[Na+].[OH-].[OH-]. The van der Waals surface area contributed by atoms with E-state index in [2.05, 4.69) is 73.8 Å². The molecule has 9 heteroatoms. The molecule has 0 heterocycles. The van der Waals surface area contributed by atoms with E-state index in [0.29, 0.717) is 0 Å². The minimum Gasteiger partial charge on any atom is -0.870 e. The van der Waals surface area contributed by atoms with Crippen LogP contribution in [0.25, 0.3) is 0 Å². The second-order valence-corrected chi connectivity index (χ2v) is 5.34. The fraction of sp³-hybridized carbons (Fsp3) is 0.895. The summed E-state index contributed by atoms with van der Waals surface area (Å²) in [4.78, 5) is 2.00. The quantitative estimate of drug-likeness (QED) is 0.214. The van der Waals surface area contributed by atoms with Crippen molar-refractivity contribution in [2.75, 3.05) is 62.2 Å². The number of rotatable bonds is 0. The molecule has 0 spiro atoms. The minimum absolute atomic E-state index is 0. The van der Waals surface area contributed by atoms with E-state index in [1.807, 2.05) is 73.9 Å². The van der Waals surface area contributed by atoms with Gasteiger partial charge in [-0.05, 0) is 62.2 Å². The van der Waals surface area contributed by atoms with Gasteiger partial charge in [0.25, 0.3) is 0 Å². The Morgan fingerprint density at radius 1 is 0.643 bits per heavy atom. The van der Waals surface area contributed by atoms with Crippen LogP contribution in [0.5, 0.6) is 0 Å². The van der Waals surface area contributed by atoms with Gasteiger partial charge in [-0.15, -0.1) is 0 Å². The first-order valence-corrected chi connectivity index (χ1v) is 9.88. The van der Waals surface area contributed by atoms with Gasteiger partial charge in [0.05, 0.1) is 0 Å². The molecule has 0 aliphatic heterocycles. The van der Waals surface area contributed by atoms with Crippen molar-refractivity contribution in [1.29, 1.82) is 0 Å². The van der Waals surface area contributed by atoms with Crippen molar-refractivity contribution in [3.05, 3.63) is 11.8 Å². The zero-order chi connectivity index (χ0) is 22.1. The summed E-state index contributed by atoms with van der Waals surface area (Å²) in [6.07, 6.45) is 0. The first-order chi connectivity index (χ1) is 11.0. The molecule has 0 unspecified atom stereocenters. The second kappa shape index (κ2) is 133. The van der Waals surface area contributed by atoms with E-state index < -0.39 is 0 Å². The monoisotopic (exact) mass is 501 g/mol. The van der Waals surface area contributed by atoms with Gasteiger partial charge in [0, 0.05) is 1.43 Å². The third kappa shape index (κ3) is 4180. The van der Waals surface area contributed by atoms with Gasteiger partial charge in [-0.25, -0.2) is 0 Å². The maximum absolute atomic E-state index is 4.50. The molecule has 0 fully saturated rings. The molecule has 0 bridgehead atoms. The number of nitrogens with one attached hydrogen (secondary N) is 2. The molecule has 0 aromatic rings. The molecule has 6 N–H and O–H groups in total. The number of nitrogens with two attached hydrogens (primary N) is 1. The van der Waals surface area contributed by atoms with Gasteiger partial charge >= 0.3 is 59.1 Å². The number of halogens is 1. The molecule has 178 valence electrons. The fourth-order valence-corrected chi connectivity index (χ4v) is 0. The Bertz CT molecular complexity index is 93.7. The molecule has 0 aliphatic carbocycles. The van der Waals surface area contributed by atoms with Crippen molar-refractivity contribution in [3.8, 4) is 0 Å². The van der Waals surface area contributed by atoms with Crippen LogP contribution in [0.1, 0.15) is 56.8 Å². The van der Waals surface area contributed by atoms with Gasteiger partial charge in [0.2, 0.25) is 0 Å². The van der Waals surface area contributed by atoms with Crippen LogP contribution in [0.2, 0.25) is 0 Å². The van der Waals surface area contributed by atoms with E-state index in [1.165, 1.54) is 18.9 Å². The molecule has 28 heavy (non-hydrogen) atoms. The van der Waals surface area contributed by atoms with Gasteiger partial charge in [-0.1, -0.05) is 29.8 Å². The normalized spacial score (nSPS) is 5.79. The first kappa shape index (κ1) is 77.7. The molecule has 0 saturated heterocycles. The summed E-state index contributed by atoms with van der Waals surface area (Å²) in [7, 11) is 15.0. The van der Waals surface area contributed by atoms with Crippen molar-refractivity contribution in [2.24, 2.45) is 5.73 Å². The zero-order valence-electron chi connectivity index (χ0n) is 23.3. The standard InChI is InChI=1S/2C4H9.C3H9N.2C2H7N.C2H6.CH3Br.CH5N.2Na.2H2O.H2/c3*1-4(2)3;2*1-3-2;3*1-2;;;;;/h3*1-3H3;2*3H,1-2H3;1-2H3;1H3;2H2,1H3;;;2*1H2;1H/q2*-1;;;;;;;2*+1;;;/p-2/i;;;;;;;;;;;;1+1. The molecule has 0 rings (SSSR count). The van der Waals surface area contributed by atoms with E-state index in [0.717, 1.165) is 0 Å². The Labute approximate surface area is 236 Å². The number of nitrogens with zero attached hydrogens (tertiary/aromatic N) is 1. The predicted molar refractivity (Wildman–Crippen MR) is 132 cm³/mol. The molecule has 0 atom stereocenters. The summed E-state index contributed by atoms with van der Waals surface area (Å²) in [5, 5.41) is 5.50. The topological polar surface area (TPSA) is 113 Å². The van der Waals surface area contributed by atoms with Crippen LogP contribution in [0, 0.1) is 11.8 Å². The zero-order valence-corrected chi connectivity index (χ0v) is 28.9. The number of alkyl halides is 1. The van der Waals surface area contributed by atoms with Crippen LogP contribution < -0.4 is 75.5 Å². The molecular formula is C19H59BrN4Na2O2-2. The van der Waals surface area contributed by atoms with Crippen LogP contribution in [0.4, 0.5) is 0 Å². The van der Waals surface area contributed by atoms with Gasteiger partial charge in [-0.3, -0.25) is 0 Å². The largest absolute Gasteiger partial charge is 1.00 e. The van der Waals surface area contributed by atoms with Crippen LogP contribution in [-0.4, -0.2) is 78.1 Å². The average molecular weight is 503 g/mol. The third-order valence-corrected chi connectivity index (χ3v) is 0. The molecule has 0 aliphatic rings. The molecule has 6 nitrogen and oxygen atoms in total. The van der Waals surface area contributed by atoms with E-state index in [9.17, 15) is 0 Å². The molecule has 0 amide bonds. The van der Waals surface area contributed by atoms with Crippen LogP contribution in [0.15, 0.2) is 0 Å². The maximum Gasteiger partial charge on any atom is 1.00 e. The van der Waals surface area contributed by atoms with Crippen molar-refractivity contribution < 1.29 is 71.5 Å². The first-order valence-electron chi connectivity index (χ1n) is 8.30. The minimum atomic E-state index is 0. The molecule has 0 radical (unpaired) electrons. The van der Waals surface area contributed by atoms with Crippen molar-refractivity contribution in [3.63, 3.8) is 0 Å². The van der Waals surface area contributed by atoms with E-state index in [4.69, 9.17) is 0 Å². The molecule has 0 aromatic heterocycles. The van der Waals surface area contributed by atoms with Gasteiger partial charge in [0.1, 0.15) is 0 Å². The molecular weight excluding hydrogens is 442 g/mol.